The van der Waals surface area contributed by atoms with E-state index in [0.717, 1.165) is 10.3 Å². The Hall–Kier alpha value is -4.24. The molecule has 0 aliphatic carbocycles. The van der Waals surface area contributed by atoms with Gasteiger partial charge in [0, 0.05) is 11.1 Å². The first-order chi connectivity index (χ1) is 17.4. The number of aliphatic hydroxyl groups is 1. The van der Waals surface area contributed by atoms with Crippen molar-refractivity contribution in [1.82, 2.24) is 4.98 Å². The number of carbonyl (C=O) groups excluding carboxylic acids is 2. The average Bonchev–Trinajstić information content (AvgIpc) is 3.41. The summed E-state index contributed by atoms with van der Waals surface area (Å²) in [5.74, 6) is -1.95. The van der Waals surface area contributed by atoms with Crippen LogP contribution in [0.25, 0.3) is 16.0 Å². The highest BCUT2D eigenvalue weighted by Gasteiger charge is 2.49. The molecule has 3 heterocycles. The van der Waals surface area contributed by atoms with Crippen molar-refractivity contribution in [2.75, 3.05) is 18.1 Å². The molecular formula is C27H19FN2O5S. The average molecular weight is 503 g/mol. The maximum atomic E-state index is 15.1. The van der Waals surface area contributed by atoms with Crippen LogP contribution in [-0.4, -0.2) is 35.0 Å². The number of Topliss-reactive ketones (excluding diaryl/α,β-unsaturated/α-hetero) is 1. The lowest BCUT2D eigenvalue weighted by molar-refractivity contribution is -0.132. The first kappa shape index (κ1) is 22.2. The molecule has 1 saturated heterocycles. The molecule has 1 atom stereocenters. The number of rotatable bonds is 3. The van der Waals surface area contributed by atoms with E-state index in [0.29, 0.717) is 30.2 Å². The summed E-state index contributed by atoms with van der Waals surface area (Å²) in [6.07, 6.45) is 0. The van der Waals surface area contributed by atoms with Gasteiger partial charge in [0.15, 0.2) is 16.6 Å². The number of aromatic nitrogens is 1. The second-order valence-corrected chi connectivity index (χ2v) is 9.53. The van der Waals surface area contributed by atoms with E-state index >= 15 is 4.39 Å². The van der Waals surface area contributed by atoms with Crippen molar-refractivity contribution in [2.45, 2.75) is 13.0 Å². The molecular weight excluding hydrogens is 483 g/mol. The van der Waals surface area contributed by atoms with E-state index in [2.05, 4.69) is 4.98 Å². The van der Waals surface area contributed by atoms with Gasteiger partial charge in [-0.05, 0) is 48.9 Å². The van der Waals surface area contributed by atoms with Gasteiger partial charge in [0.2, 0.25) is 0 Å². The van der Waals surface area contributed by atoms with Gasteiger partial charge in [-0.25, -0.2) is 9.37 Å². The molecule has 36 heavy (non-hydrogen) atoms. The van der Waals surface area contributed by atoms with Crippen molar-refractivity contribution in [1.29, 1.82) is 0 Å². The van der Waals surface area contributed by atoms with Crippen molar-refractivity contribution in [3.05, 3.63) is 88.7 Å². The van der Waals surface area contributed by atoms with Crippen LogP contribution in [-0.2, 0) is 9.59 Å². The number of benzene rings is 3. The zero-order valence-electron chi connectivity index (χ0n) is 19.0. The van der Waals surface area contributed by atoms with E-state index < -0.39 is 29.3 Å². The summed E-state index contributed by atoms with van der Waals surface area (Å²) in [4.78, 5) is 32.4. The molecule has 6 rings (SSSR count). The van der Waals surface area contributed by atoms with Crippen molar-refractivity contribution < 1.29 is 28.6 Å². The van der Waals surface area contributed by atoms with Crippen molar-refractivity contribution in [3.63, 3.8) is 0 Å². The topological polar surface area (TPSA) is 89.0 Å². The van der Waals surface area contributed by atoms with E-state index in [1.54, 1.807) is 18.2 Å². The van der Waals surface area contributed by atoms with E-state index in [4.69, 9.17) is 9.47 Å². The normalized spacial score (nSPS) is 18.7. The zero-order valence-corrected chi connectivity index (χ0v) is 19.8. The summed E-state index contributed by atoms with van der Waals surface area (Å²) in [7, 11) is 0. The number of amides is 1. The fourth-order valence-electron chi connectivity index (χ4n) is 4.49. The molecule has 2 aliphatic rings. The van der Waals surface area contributed by atoms with E-state index in [1.807, 2.05) is 25.1 Å². The van der Waals surface area contributed by atoms with E-state index in [1.165, 1.54) is 40.5 Å². The highest BCUT2D eigenvalue weighted by molar-refractivity contribution is 7.22. The number of thiazole rings is 1. The number of anilines is 1. The third-order valence-corrected chi connectivity index (χ3v) is 7.22. The largest absolute Gasteiger partial charge is 0.507 e. The highest BCUT2D eigenvalue weighted by Crippen LogP contribution is 2.45. The second kappa shape index (κ2) is 8.46. The lowest BCUT2D eigenvalue weighted by Gasteiger charge is -2.23. The summed E-state index contributed by atoms with van der Waals surface area (Å²) in [6.45, 7) is 2.68. The van der Waals surface area contributed by atoms with Crippen LogP contribution in [0.2, 0.25) is 0 Å². The van der Waals surface area contributed by atoms with Crippen molar-refractivity contribution in [3.8, 4) is 11.5 Å². The zero-order chi connectivity index (χ0) is 25.0. The van der Waals surface area contributed by atoms with Crippen LogP contribution in [0.5, 0.6) is 11.5 Å². The minimum Gasteiger partial charge on any atom is -0.507 e. The van der Waals surface area contributed by atoms with E-state index in [9.17, 15) is 14.7 Å². The van der Waals surface area contributed by atoms with Crippen LogP contribution >= 0.6 is 11.3 Å². The van der Waals surface area contributed by atoms with Gasteiger partial charge in [0.05, 0.1) is 15.8 Å². The molecule has 4 aromatic rings. The third kappa shape index (κ3) is 3.51. The Balaban J connectivity index is 1.55. The second-order valence-electron chi connectivity index (χ2n) is 8.52. The molecule has 1 fully saturated rings. The summed E-state index contributed by atoms with van der Waals surface area (Å²) in [5.41, 5.74) is 1.77. The van der Waals surface area contributed by atoms with Crippen LogP contribution < -0.4 is 14.4 Å². The number of carbonyl (C=O) groups is 2. The SMILES string of the molecule is Cc1ccc2nc(N3C(=O)C(=O)C(=C(O)c4ccc5c(c4)OCCO5)[C@@H]3c3ccccc3F)sc2c1. The predicted molar refractivity (Wildman–Crippen MR) is 133 cm³/mol. The summed E-state index contributed by atoms with van der Waals surface area (Å²) in [5, 5.41) is 11.6. The fourth-order valence-corrected chi connectivity index (χ4v) is 5.58. The van der Waals surface area contributed by atoms with Crippen molar-refractivity contribution >= 4 is 44.1 Å². The van der Waals surface area contributed by atoms with Gasteiger partial charge < -0.3 is 14.6 Å². The van der Waals surface area contributed by atoms with Crippen LogP contribution in [0.3, 0.4) is 0 Å². The number of hydrogen-bond acceptors (Lipinski definition) is 7. The number of hydrogen-bond donors (Lipinski definition) is 1. The Kier molecular flexibility index (Phi) is 5.22. The number of ketones is 1. The van der Waals surface area contributed by atoms with Gasteiger partial charge in [0.25, 0.3) is 5.78 Å². The molecule has 1 N–H and O–H groups in total. The minimum atomic E-state index is -1.21. The Morgan fingerprint density at radius 2 is 1.83 bits per heavy atom. The van der Waals surface area contributed by atoms with Gasteiger partial charge >= 0.3 is 5.91 Å². The number of aliphatic hydroxyl groups excluding tert-OH is 1. The van der Waals surface area contributed by atoms with E-state index in [-0.39, 0.29) is 21.8 Å². The lowest BCUT2D eigenvalue weighted by atomic mass is 9.95. The van der Waals surface area contributed by atoms with Crippen LogP contribution in [0.4, 0.5) is 9.52 Å². The van der Waals surface area contributed by atoms with Gasteiger partial charge in [-0.1, -0.05) is 35.6 Å². The molecule has 9 heteroatoms. The maximum Gasteiger partial charge on any atom is 0.301 e. The number of fused-ring (bicyclic) bond motifs is 2. The maximum absolute atomic E-state index is 15.1. The monoisotopic (exact) mass is 502 g/mol. The molecule has 0 saturated carbocycles. The van der Waals surface area contributed by atoms with Gasteiger partial charge in [0.1, 0.15) is 30.8 Å². The number of ether oxygens (including phenoxy) is 2. The standard InChI is InChI=1S/C27H19FN2O5S/c1-14-6-8-18-21(12-14)36-27(29-18)30-23(16-4-2-3-5-17(16)28)22(25(32)26(30)33)24(31)15-7-9-19-20(13-15)35-11-10-34-19/h2-9,12-13,23,31H,10-11H2,1H3/t23-/m0/s1. The quantitative estimate of drug-likeness (QED) is 0.237. The van der Waals surface area contributed by atoms with Crippen LogP contribution in [0, 0.1) is 12.7 Å². The Bertz CT molecular complexity index is 1590. The molecule has 2 aliphatic heterocycles. The molecule has 0 spiro atoms. The van der Waals surface area contributed by atoms with Gasteiger partial charge in [-0.2, -0.15) is 0 Å². The third-order valence-electron chi connectivity index (χ3n) is 6.20. The first-order valence-electron chi connectivity index (χ1n) is 11.2. The molecule has 3 aromatic carbocycles. The lowest BCUT2D eigenvalue weighted by Crippen LogP contribution is -2.29. The summed E-state index contributed by atoms with van der Waals surface area (Å²) >= 11 is 1.23. The summed E-state index contributed by atoms with van der Waals surface area (Å²) in [6, 6.07) is 15.1. The summed E-state index contributed by atoms with van der Waals surface area (Å²) < 4.78 is 27.1. The molecule has 0 unspecified atom stereocenters. The molecule has 180 valence electrons. The van der Waals surface area contributed by atoms with Gasteiger partial charge in [-0.15, -0.1) is 0 Å². The number of aryl methyl sites for hydroxylation is 1. The highest BCUT2D eigenvalue weighted by atomic mass is 32.1. The Morgan fingerprint density at radius 3 is 2.64 bits per heavy atom. The molecule has 1 amide bonds. The Morgan fingerprint density at radius 1 is 1.06 bits per heavy atom. The fraction of sp³-hybridized carbons (Fsp3) is 0.148. The van der Waals surface area contributed by atoms with Crippen LogP contribution in [0.15, 0.2) is 66.2 Å². The van der Waals surface area contributed by atoms with Crippen molar-refractivity contribution in [2.24, 2.45) is 0 Å². The molecule has 0 radical (unpaired) electrons. The Labute approximate surface area is 209 Å². The predicted octanol–water partition coefficient (Wildman–Crippen LogP) is 5.14. The van der Waals surface area contributed by atoms with Gasteiger partial charge in [-0.3, -0.25) is 14.5 Å². The minimum absolute atomic E-state index is 0.0752. The van der Waals surface area contributed by atoms with Crippen LogP contribution in [0.1, 0.15) is 22.7 Å². The number of halogens is 1. The number of nitrogens with zero attached hydrogens (tertiary/aromatic N) is 2. The molecule has 7 nitrogen and oxygen atoms in total. The molecule has 0 bridgehead atoms. The smallest absolute Gasteiger partial charge is 0.301 e. The molecule has 1 aromatic heterocycles. The first-order valence-corrected chi connectivity index (χ1v) is 12.1.